The van der Waals surface area contributed by atoms with Crippen LogP contribution in [0.15, 0.2) is 71.8 Å². The fraction of sp³-hybridized carbons (Fsp3) is 0.200. The summed E-state index contributed by atoms with van der Waals surface area (Å²) in [6, 6.07) is 20.7. The van der Waals surface area contributed by atoms with Gasteiger partial charge in [-0.15, -0.1) is 0 Å². The summed E-state index contributed by atoms with van der Waals surface area (Å²) in [6.45, 7) is 2.04. The number of hydrazone groups is 1. The molecule has 3 aromatic rings. The summed E-state index contributed by atoms with van der Waals surface area (Å²) in [5, 5.41) is 16.4. The van der Waals surface area contributed by atoms with E-state index in [0.717, 1.165) is 16.8 Å². The summed E-state index contributed by atoms with van der Waals surface area (Å²) in [5.74, 6) is 0.275. The Bertz CT molecular complexity index is 1140. The van der Waals surface area contributed by atoms with Crippen LogP contribution in [0.1, 0.15) is 39.5 Å². The number of nitrogens with zero attached hydrogens (tertiary/aromatic N) is 2. The van der Waals surface area contributed by atoms with Crippen LogP contribution in [0.3, 0.4) is 0 Å². The number of hydrogen-bond donors (Lipinski definition) is 1. The van der Waals surface area contributed by atoms with Crippen molar-refractivity contribution in [2.24, 2.45) is 5.10 Å². The molecule has 1 atom stereocenters. The number of rotatable bonds is 6. The Morgan fingerprint density at radius 3 is 2.39 bits per heavy atom. The Morgan fingerprint density at radius 2 is 1.71 bits per heavy atom. The SMILES string of the molecule is COc1ccc(C2CC(c3ccc(C)cc3)=NN2c2ccccc2C(=O)O)cc1OC. The Hall–Kier alpha value is -3.80. The van der Waals surface area contributed by atoms with Gasteiger partial charge < -0.3 is 14.6 Å². The Morgan fingerprint density at radius 1 is 1.00 bits per heavy atom. The highest BCUT2D eigenvalue weighted by Gasteiger charge is 2.32. The molecule has 1 N–H and O–H groups in total. The number of carbonyl (C=O) groups is 1. The summed E-state index contributed by atoms with van der Waals surface area (Å²) in [7, 11) is 3.20. The molecule has 0 bridgehead atoms. The molecule has 1 unspecified atom stereocenters. The molecule has 1 heterocycles. The normalized spacial score (nSPS) is 15.5. The van der Waals surface area contributed by atoms with Crippen LogP contribution in [0.4, 0.5) is 5.69 Å². The van der Waals surface area contributed by atoms with Crippen molar-refractivity contribution in [3.8, 4) is 11.5 Å². The maximum atomic E-state index is 11.9. The number of carboxylic acid groups (broad SMARTS) is 1. The second kappa shape index (κ2) is 8.52. The summed E-state index contributed by atoms with van der Waals surface area (Å²) in [4.78, 5) is 11.9. The molecule has 1 aliphatic heterocycles. The molecule has 6 heteroatoms. The van der Waals surface area contributed by atoms with Gasteiger partial charge in [-0.25, -0.2) is 4.79 Å². The van der Waals surface area contributed by atoms with Gasteiger partial charge >= 0.3 is 5.97 Å². The van der Waals surface area contributed by atoms with Gasteiger partial charge in [0, 0.05) is 6.42 Å². The van der Waals surface area contributed by atoms with Gasteiger partial charge in [-0.2, -0.15) is 5.10 Å². The highest BCUT2D eigenvalue weighted by atomic mass is 16.5. The molecule has 0 aliphatic carbocycles. The zero-order chi connectivity index (χ0) is 22.0. The number of carboxylic acids is 1. The molecule has 0 saturated heterocycles. The number of aryl methyl sites for hydroxylation is 1. The van der Waals surface area contributed by atoms with E-state index >= 15 is 0 Å². The lowest BCUT2D eigenvalue weighted by Gasteiger charge is -2.25. The van der Waals surface area contributed by atoms with Crippen LogP contribution >= 0.6 is 0 Å². The minimum Gasteiger partial charge on any atom is -0.493 e. The molecule has 1 aliphatic rings. The molecule has 3 aromatic carbocycles. The lowest BCUT2D eigenvalue weighted by atomic mass is 9.97. The van der Waals surface area contributed by atoms with E-state index in [2.05, 4.69) is 12.1 Å². The number of methoxy groups -OCH3 is 2. The first-order chi connectivity index (χ1) is 15.0. The number of benzene rings is 3. The fourth-order valence-corrected chi connectivity index (χ4v) is 3.83. The molecule has 0 aromatic heterocycles. The maximum absolute atomic E-state index is 11.9. The molecule has 31 heavy (non-hydrogen) atoms. The first-order valence-electron chi connectivity index (χ1n) is 10.00. The van der Waals surface area contributed by atoms with E-state index in [4.69, 9.17) is 14.6 Å². The van der Waals surface area contributed by atoms with Crippen LogP contribution in [0.5, 0.6) is 11.5 Å². The average molecular weight is 416 g/mol. The molecule has 6 nitrogen and oxygen atoms in total. The molecule has 0 radical (unpaired) electrons. The first kappa shape index (κ1) is 20.5. The number of aromatic carboxylic acids is 1. The van der Waals surface area contributed by atoms with E-state index in [9.17, 15) is 9.90 Å². The summed E-state index contributed by atoms with van der Waals surface area (Å²) < 4.78 is 10.9. The smallest absolute Gasteiger partial charge is 0.337 e. The van der Waals surface area contributed by atoms with Crippen molar-refractivity contribution in [2.45, 2.75) is 19.4 Å². The van der Waals surface area contributed by atoms with Crippen LogP contribution in [0, 0.1) is 6.92 Å². The van der Waals surface area contributed by atoms with Crippen molar-refractivity contribution in [2.75, 3.05) is 19.2 Å². The van der Waals surface area contributed by atoms with Gasteiger partial charge in [-0.3, -0.25) is 5.01 Å². The number of ether oxygens (including phenoxy) is 2. The van der Waals surface area contributed by atoms with Crippen LogP contribution in [0.2, 0.25) is 0 Å². The van der Waals surface area contributed by atoms with Crippen LogP contribution in [0.25, 0.3) is 0 Å². The third-order valence-electron chi connectivity index (χ3n) is 5.47. The number of para-hydroxylation sites is 1. The zero-order valence-corrected chi connectivity index (χ0v) is 17.7. The molecule has 0 spiro atoms. The van der Waals surface area contributed by atoms with Crippen molar-refractivity contribution < 1.29 is 19.4 Å². The van der Waals surface area contributed by atoms with Crippen molar-refractivity contribution in [3.05, 3.63) is 89.0 Å². The number of hydrogen-bond acceptors (Lipinski definition) is 5. The Kier molecular flexibility index (Phi) is 5.62. The summed E-state index contributed by atoms with van der Waals surface area (Å²) >= 11 is 0. The van der Waals surface area contributed by atoms with Crippen LogP contribution in [-0.4, -0.2) is 31.0 Å². The van der Waals surface area contributed by atoms with Gasteiger partial charge in [0.05, 0.1) is 37.2 Å². The van der Waals surface area contributed by atoms with Gasteiger partial charge in [0.2, 0.25) is 0 Å². The predicted molar refractivity (Wildman–Crippen MR) is 121 cm³/mol. The first-order valence-corrected chi connectivity index (χ1v) is 10.00. The van der Waals surface area contributed by atoms with Crippen molar-refractivity contribution in [1.82, 2.24) is 0 Å². The fourth-order valence-electron chi connectivity index (χ4n) is 3.83. The second-order valence-corrected chi connectivity index (χ2v) is 7.41. The third-order valence-corrected chi connectivity index (χ3v) is 5.47. The molecule has 0 saturated carbocycles. The van der Waals surface area contributed by atoms with Gasteiger partial charge in [-0.05, 0) is 42.3 Å². The van der Waals surface area contributed by atoms with Gasteiger partial charge in [0.15, 0.2) is 11.5 Å². The van der Waals surface area contributed by atoms with E-state index in [1.54, 1.807) is 37.4 Å². The van der Waals surface area contributed by atoms with E-state index in [-0.39, 0.29) is 11.6 Å². The molecule has 4 rings (SSSR count). The van der Waals surface area contributed by atoms with Gasteiger partial charge in [0.25, 0.3) is 0 Å². The maximum Gasteiger partial charge on any atom is 0.337 e. The van der Waals surface area contributed by atoms with E-state index < -0.39 is 5.97 Å². The predicted octanol–water partition coefficient (Wildman–Crippen LogP) is 5.07. The lowest BCUT2D eigenvalue weighted by molar-refractivity contribution is 0.0697. The average Bonchev–Trinajstić information content (AvgIpc) is 3.24. The summed E-state index contributed by atoms with van der Waals surface area (Å²) in [6.07, 6.45) is 0.631. The van der Waals surface area contributed by atoms with E-state index in [1.165, 1.54) is 5.56 Å². The highest BCUT2D eigenvalue weighted by Crippen LogP contribution is 2.40. The number of anilines is 1. The van der Waals surface area contributed by atoms with Gasteiger partial charge in [-0.1, -0.05) is 48.0 Å². The van der Waals surface area contributed by atoms with E-state index in [1.807, 2.05) is 43.3 Å². The minimum absolute atomic E-state index is 0.184. The quantitative estimate of drug-likeness (QED) is 0.608. The second-order valence-electron chi connectivity index (χ2n) is 7.41. The molecular formula is C25H24N2O4. The molecular weight excluding hydrogens is 392 g/mol. The van der Waals surface area contributed by atoms with Crippen LogP contribution < -0.4 is 14.5 Å². The Labute approximate surface area is 181 Å². The standard InChI is InChI=1S/C25H24N2O4/c1-16-8-10-17(11-9-16)20-15-22(18-12-13-23(30-2)24(14-18)31-3)27(26-20)21-7-5-4-6-19(21)25(28)29/h4-14,22H,15H2,1-3H3,(H,28,29). The van der Waals surface area contributed by atoms with Gasteiger partial charge in [0.1, 0.15) is 0 Å². The minimum atomic E-state index is -0.986. The molecule has 0 amide bonds. The van der Waals surface area contributed by atoms with Crippen molar-refractivity contribution in [1.29, 1.82) is 0 Å². The van der Waals surface area contributed by atoms with E-state index in [0.29, 0.717) is 23.6 Å². The van der Waals surface area contributed by atoms with Crippen molar-refractivity contribution >= 4 is 17.4 Å². The molecule has 0 fully saturated rings. The lowest BCUT2D eigenvalue weighted by Crippen LogP contribution is -2.21. The zero-order valence-electron chi connectivity index (χ0n) is 17.7. The van der Waals surface area contributed by atoms with Crippen molar-refractivity contribution in [3.63, 3.8) is 0 Å². The largest absolute Gasteiger partial charge is 0.493 e. The highest BCUT2D eigenvalue weighted by molar-refractivity contribution is 6.04. The molecule has 158 valence electrons. The van der Waals surface area contributed by atoms with Crippen LogP contribution in [-0.2, 0) is 0 Å². The summed E-state index contributed by atoms with van der Waals surface area (Å²) in [5.41, 5.74) is 4.82. The topological polar surface area (TPSA) is 71.4 Å². The third kappa shape index (κ3) is 3.97. The Balaban J connectivity index is 1.82. The monoisotopic (exact) mass is 416 g/mol.